The molecule has 1 aliphatic rings. The lowest BCUT2D eigenvalue weighted by molar-refractivity contribution is 0.0983. The fraction of sp³-hybridized carbons (Fsp3) is 0.400. The van der Waals surface area contributed by atoms with E-state index in [9.17, 15) is 4.79 Å². The zero-order valence-electron chi connectivity index (χ0n) is 10.2. The minimum atomic E-state index is 0.233. The third-order valence-electron chi connectivity index (χ3n) is 3.24. The molecule has 0 aromatic heterocycles. The van der Waals surface area contributed by atoms with Crippen LogP contribution < -0.4 is 5.32 Å². The second kappa shape index (κ2) is 5.78. The average Bonchev–Trinajstić information content (AvgIpc) is 2.81. The predicted molar refractivity (Wildman–Crippen MR) is 70.5 cm³/mol. The molecule has 0 aliphatic heterocycles. The second-order valence-corrected chi connectivity index (χ2v) is 4.50. The number of hydrogen-bond acceptors (Lipinski definition) is 2. The zero-order valence-corrected chi connectivity index (χ0v) is 10.2. The van der Waals surface area contributed by atoms with E-state index in [4.69, 9.17) is 0 Å². The first kappa shape index (κ1) is 12.1. The van der Waals surface area contributed by atoms with Crippen LogP contribution in [0.15, 0.2) is 30.9 Å². The number of rotatable bonds is 6. The number of ketones is 1. The smallest absolute Gasteiger partial charge is 0.164 e. The molecule has 0 saturated heterocycles. The Labute approximate surface area is 103 Å². The second-order valence-electron chi connectivity index (χ2n) is 4.50. The number of benzene rings is 1. The predicted octanol–water partition coefficient (Wildman–Crippen LogP) is 2.52. The van der Waals surface area contributed by atoms with Gasteiger partial charge in [-0.1, -0.05) is 18.2 Å². The standard InChI is InChI=1S/C15H19NO/c1-2-9-16-10-8-15(17)14-7-6-12-4-3-5-13(12)11-14/h2,6-7,11,16H,1,3-5,8-10H2. The normalized spacial score (nSPS) is 13.4. The van der Waals surface area contributed by atoms with Gasteiger partial charge in [0, 0.05) is 25.1 Å². The monoisotopic (exact) mass is 229 g/mol. The van der Waals surface area contributed by atoms with Crippen molar-refractivity contribution >= 4 is 5.78 Å². The maximum atomic E-state index is 11.9. The van der Waals surface area contributed by atoms with Crippen LogP contribution in [0.1, 0.15) is 34.3 Å². The average molecular weight is 229 g/mol. The van der Waals surface area contributed by atoms with Crippen molar-refractivity contribution in [2.24, 2.45) is 0 Å². The molecule has 0 spiro atoms. The Morgan fingerprint density at radius 1 is 1.35 bits per heavy atom. The number of fused-ring (bicyclic) bond motifs is 1. The van der Waals surface area contributed by atoms with Gasteiger partial charge in [0.25, 0.3) is 0 Å². The van der Waals surface area contributed by atoms with Crippen molar-refractivity contribution in [3.63, 3.8) is 0 Å². The number of nitrogens with one attached hydrogen (secondary N) is 1. The molecule has 90 valence electrons. The summed E-state index contributed by atoms with van der Waals surface area (Å²) in [6, 6.07) is 6.17. The molecule has 1 aromatic carbocycles. The highest BCUT2D eigenvalue weighted by atomic mass is 16.1. The molecule has 0 radical (unpaired) electrons. The molecule has 2 rings (SSSR count). The van der Waals surface area contributed by atoms with Crippen LogP contribution in [0, 0.1) is 0 Å². The molecule has 2 heteroatoms. The van der Waals surface area contributed by atoms with Gasteiger partial charge in [0.15, 0.2) is 5.78 Å². The van der Waals surface area contributed by atoms with E-state index in [0.29, 0.717) is 6.42 Å². The Morgan fingerprint density at radius 2 is 2.18 bits per heavy atom. The fourth-order valence-electron chi connectivity index (χ4n) is 2.30. The van der Waals surface area contributed by atoms with E-state index in [1.165, 1.54) is 24.0 Å². The molecule has 1 aromatic rings. The van der Waals surface area contributed by atoms with E-state index in [1.807, 2.05) is 6.07 Å². The summed E-state index contributed by atoms with van der Waals surface area (Å²) in [6.07, 6.45) is 5.90. The third kappa shape index (κ3) is 3.04. The summed E-state index contributed by atoms with van der Waals surface area (Å²) in [6.45, 7) is 5.11. The summed E-state index contributed by atoms with van der Waals surface area (Å²) in [5.41, 5.74) is 3.66. The third-order valence-corrected chi connectivity index (χ3v) is 3.24. The first-order valence-electron chi connectivity index (χ1n) is 6.28. The van der Waals surface area contributed by atoms with Crippen LogP contribution >= 0.6 is 0 Å². The molecule has 1 aliphatic carbocycles. The van der Waals surface area contributed by atoms with Crippen molar-refractivity contribution in [2.45, 2.75) is 25.7 Å². The van der Waals surface area contributed by atoms with Gasteiger partial charge < -0.3 is 5.32 Å². The highest BCUT2D eigenvalue weighted by Gasteiger charge is 2.13. The topological polar surface area (TPSA) is 29.1 Å². The van der Waals surface area contributed by atoms with E-state index in [1.54, 1.807) is 6.08 Å². The van der Waals surface area contributed by atoms with Gasteiger partial charge >= 0.3 is 0 Å². The van der Waals surface area contributed by atoms with Crippen molar-refractivity contribution in [1.29, 1.82) is 0 Å². The number of carbonyl (C=O) groups is 1. The van der Waals surface area contributed by atoms with Crippen LogP contribution in [0.2, 0.25) is 0 Å². The molecule has 0 bridgehead atoms. The molecule has 0 saturated carbocycles. The van der Waals surface area contributed by atoms with E-state index >= 15 is 0 Å². The van der Waals surface area contributed by atoms with Gasteiger partial charge in [0.2, 0.25) is 0 Å². The van der Waals surface area contributed by atoms with Crippen LogP contribution in [0.25, 0.3) is 0 Å². The van der Waals surface area contributed by atoms with E-state index in [2.05, 4.69) is 24.0 Å². The number of Topliss-reactive ketones (excluding diaryl/α,β-unsaturated/α-hetero) is 1. The molecular formula is C15H19NO. The summed E-state index contributed by atoms with van der Waals surface area (Å²) in [4.78, 5) is 11.9. The molecule has 0 heterocycles. The summed E-state index contributed by atoms with van der Waals surface area (Å²) in [5.74, 6) is 0.233. The Kier molecular flexibility index (Phi) is 4.10. The van der Waals surface area contributed by atoms with Crippen molar-refractivity contribution < 1.29 is 4.79 Å². The van der Waals surface area contributed by atoms with Crippen molar-refractivity contribution in [2.75, 3.05) is 13.1 Å². The Balaban J connectivity index is 1.93. The Hall–Kier alpha value is -1.41. The molecule has 1 N–H and O–H groups in total. The first-order valence-corrected chi connectivity index (χ1v) is 6.28. The SMILES string of the molecule is C=CCNCCC(=O)c1ccc2c(c1)CCC2. The van der Waals surface area contributed by atoms with E-state index in [-0.39, 0.29) is 5.78 Å². The fourth-order valence-corrected chi connectivity index (χ4v) is 2.30. The van der Waals surface area contributed by atoms with Gasteiger partial charge in [-0.2, -0.15) is 0 Å². The molecule has 0 unspecified atom stereocenters. The quantitative estimate of drug-likeness (QED) is 0.461. The zero-order chi connectivity index (χ0) is 12.1. The Morgan fingerprint density at radius 3 is 3.00 bits per heavy atom. The van der Waals surface area contributed by atoms with Gasteiger partial charge in [-0.15, -0.1) is 6.58 Å². The lowest BCUT2D eigenvalue weighted by atomic mass is 10.0. The maximum absolute atomic E-state index is 11.9. The van der Waals surface area contributed by atoms with Gasteiger partial charge in [-0.3, -0.25) is 4.79 Å². The first-order chi connectivity index (χ1) is 8.31. The minimum absolute atomic E-state index is 0.233. The lowest BCUT2D eigenvalue weighted by Gasteiger charge is -2.05. The van der Waals surface area contributed by atoms with Crippen molar-refractivity contribution in [3.05, 3.63) is 47.5 Å². The Bertz CT molecular complexity index is 423. The highest BCUT2D eigenvalue weighted by Crippen LogP contribution is 2.23. The molecule has 0 amide bonds. The largest absolute Gasteiger partial charge is 0.313 e. The number of aryl methyl sites for hydroxylation is 2. The van der Waals surface area contributed by atoms with Crippen molar-refractivity contribution in [3.8, 4) is 0 Å². The lowest BCUT2D eigenvalue weighted by Crippen LogP contribution is -2.18. The molecule has 2 nitrogen and oxygen atoms in total. The maximum Gasteiger partial charge on any atom is 0.164 e. The van der Waals surface area contributed by atoms with Gasteiger partial charge in [-0.05, 0) is 36.5 Å². The summed E-state index contributed by atoms with van der Waals surface area (Å²) >= 11 is 0. The molecular weight excluding hydrogens is 210 g/mol. The molecule has 0 atom stereocenters. The number of carbonyl (C=O) groups excluding carboxylic acids is 1. The summed E-state index contributed by atoms with van der Waals surface area (Å²) < 4.78 is 0. The van der Waals surface area contributed by atoms with Crippen molar-refractivity contribution in [1.82, 2.24) is 5.32 Å². The van der Waals surface area contributed by atoms with Crippen LogP contribution in [0.5, 0.6) is 0 Å². The van der Waals surface area contributed by atoms with Crippen LogP contribution in [0.3, 0.4) is 0 Å². The van der Waals surface area contributed by atoms with Crippen LogP contribution in [0.4, 0.5) is 0 Å². The van der Waals surface area contributed by atoms with Gasteiger partial charge in [-0.25, -0.2) is 0 Å². The van der Waals surface area contributed by atoms with E-state index < -0.39 is 0 Å². The highest BCUT2D eigenvalue weighted by molar-refractivity contribution is 5.96. The van der Waals surface area contributed by atoms with E-state index in [0.717, 1.165) is 25.1 Å². The number of hydrogen-bond donors (Lipinski definition) is 1. The minimum Gasteiger partial charge on any atom is -0.313 e. The molecule has 17 heavy (non-hydrogen) atoms. The summed E-state index contributed by atoms with van der Waals surface area (Å²) in [5, 5.41) is 3.15. The van der Waals surface area contributed by atoms with Gasteiger partial charge in [0.05, 0.1) is 0 Å². The van der Waals surface area contributed by atoms with Gasteiger partial charge in [0.1, 0.15) is 0 Å². The molecule has 0 fully saturated rings. The van der Waals surface area contributed by atoms with Crippen LogP contribution in [-0.2, 0) is 12.8 Å². The summed E-state index contributed by atoms with van der Waals surface area (Å²) in [7, 11) is 0. The van der Waals surface area contributed by atoms with Crippen LogP contribution in [-0.4, -0.2) is 18.9 Å².